The summed E-state index contributed by atoms with van der Waals surface area (Å²) in [6.45, 7) is 5.19. The number of fused-ring (bicyclic) bond motifs is 1. The maximum absolute atomic E-state index is 13.8. The lowest BCUT2D eigenvalue weighted by molar-refractivity contribution is -0.172. The topological polar surface area (TPSA) is 85.8 Å². The Balaban J connectivity index is 1.85. The molecule has 0 saturated carbocycles. The number of aryl methyl sites for hydroxylation is 1. The molecule has 1 saturated heterocycles. The third-order valence-electron chi connectivity index (χ3n) is 4.80. The van der Waals surface area contributed by atoms with E-state index in [1.807, 2.05) is 20.8 Å². The van der Waals surface area contributed by atoms with Crippen LogP contribution in [0.1, 0.15) is 38.0 Å². The van der Waals surface area contributed by atoms with Gasteiger partial charge < -0.3 is 9.47 Å². The normalized spacial score (nSPS) is 18.7. The number of nitrogens with zero attached hydrogens (tertiary/aromatic N) is 7. The number of rotatable bonds is 3. The van der Waals surface area contributed by atoms with E-state index < -0.39 is 30.3 Å². The first kappa shape index (κ1) is 19.5. The zero-order chi connectivity index (χ0) is 21.2. The van der Waals surface area contributed by atoms with Gasteiger partial charge in [-0.25, -0.2) is 19.6 Å². The van der Waals surface area contributed by atoms with Gasteiger partial charge in [0.1, 0.15) is 17.2 Å². The monoisotopic (exact) mass is 413 g/mol. The number of aromatic nitrogens is 6. The van der Waals surface area contributed by atoms with E-state index in [-0.39, 0.29) is 17.9 Å². The van der Waals surface area contributed by atoms with E-state index in [0.29, 0.717) is 22.9 Å². The number of hydrogen-bond donors (Lipinski definition) is 0. The maximum atomic E-state index is 13.8. The first-order valence-corrected chi connectivity index (χ1v) is 8.91. The molecule has 1 aliphatic heterocycles. The Bertz CT molecular complexity index is 1050. The third kappa shape index (κ3) is 3.19. The van der Waals surface area contributed by atoms with Crippen molar-refractivity contribution in [2.24, 2.45) is 0 Å². The molecule has 0 spiro atoms. The van der Waals surface area contributed by atoms with Crippen molar-refractivity contribution in [3.05, 3.63) is 23.5 Å². The van der Waals surface area contributed by atoms with Crippen molar-refractivity contribution < 1.29 is 22.2 Å². The second-order valence-corrected chi connectivity index (χ2v) is 8.23. The van der Waals surface area contributed by atoms with Crippen molar-refractivity contribution in [3.8, 4) is 0 Å². The number of imidazole rings is 1. The molecule has 3 aromatic rings. The Morgan fingerprint density at radius 2 is 1.72 bits per heavy atom. The molecule has 0 amide bonds. The highest BCUT2D eigenvalue weighted by atomic mass is 19.3. The SMILES string of the molecule is Cc1nonc1Cn1cnc2c(N3CC(F)(F)C(F)(F)C3)nc(C(C)(C)C)nc21. The number of halogens is 4. The molecule has 0 aromatic carbocycles. The van der Waals surface area contributed by atoms with E-state index >= 15 is 0 Å². The molecule has 0 unspecified atom stereocenters. The fourth-order valence-electron chi connectivity index (χ4n) is 3.07. The van der Waals surface area contributed by atoms with Crippen LogP contribution in [0.4, 0.5) is 23.4 Å². The highest BCUT2D eigenvalue weighted by Crippen LogP contribution is 2.43. The summed E-state index contributed by atoms with van der Waals surface area (Å²) in [5, 5.41) is 7.54. The van der Waals surface area contributed by atoms with Gasteiger partial charge >= 0.3 is 11.8 Å². The Labute approximate surface area is 162 Å². The molecule has 3 aromatic heterocycles. The summed E-state index contributed by atoms with van der Waals surface area (Å²) in [5.74, 6) is -8.02. The van der Waals surface area contributed by atoms with E-state index in [2.05, 4.69) is 25.3 Å². The van der Waals surface area contributed by atoms with E-state index in [1.165, 1.54) is 6.33 Å². The molecule has 12 heteroatoms. The number of hydrogen-bond acceptors (Lipinski definition) is 7. The summed E-state index contributed by atoms with van der Waals surface area (Å²) < 4.78 is 61.6. The predicted molar refractivity (Wildman–Crippen MR) is 94.3 cm³/mol. The minimum Gasteiger partial charge on any atom is -0.342 e. The maximum Gasteiger partial charge on any atom is 0.329 e. The fraction of sp³-hybridized carbons (Fsp3) is 0.588. The molecule has 0 aliphatic carbocycles. The lowest BCUT2D eigenvalue weighted by atomic mass is 9.96. The summed E-state index contributed by atoms with van der Waals surface area (Å²) in [6.07, 6.45) is 1.44. The number of anilines is 1. The Kier molecular flexibility index (Phi) is 4.11. The van der Waals surface area contributed by atoms with Gasteiger partial charge in [-0.1, -0.05) is 31.1 Å². The van der Waals surface area contributed by atoms with Gasteiger partial charge in [0.15, 0.2) is 17.0 Å². The van der Waals surface area contributed by atoms with Crippen molar-refractivity contribution in [3.63, 3.8) is 0 Å². The lowest BCUT2D eigenvalue weighted by Gasteiger charge is -2.22. The molecule has 1 aliphatic rings. The van der Waals surface area contributed by atoms with Crippen LogP contribution < -0.4 is 4.90 Å². The first-order chi connectivity index (χ1) is 13.4. The zero-order valence-electron chi connectivity index (χ0n) is 16.2. The van der Waals surface area contributed by atoms with Crippen LogP contribution in [0.5, 0.6) is 0 Å². The molecule has 29 heavy (non-hydrogen) atoms. The minimum atomic E-state index is -4.15. The second-order valence-electron chi connectivity index (χ2n) is 8.23. The van der Waals surface area contributed by atoms with Gasteiger partial charge in [0.25, 0.3) is 0 Å². The van der Waals surface area contributed by atoms with Gasteiger partial charge in [0.05, 0.1) is 26.0 Å². The van der Waals surface area contributed by atoms with Crippen molar-refractivity contribution in [1.82, 2.24) is 29.8 Å². The lowest BCUT2D eigenvalue weighted by Crippen LogP contribution is -2.38. The quantitative estimate of drug-likeness (QED) is 0.610. The molecule has 4 heterocycles. The largest absolute Gasteiger partial charge is 0.342 e. The van der Waals surface area contributed by atoms with Crippen LogP contribution in [-0.2, 0) is 12.0 Å². The van der Waals surface area contributed by atoms with E-state index in [4.69, 9.17) is 4.63 Å². The molecule has 1 fully saturated rings. The molecular weight excluding hydrogens is 394 g/mol. The highest BCUT2D eigenvalue weighted by Gasteiger charge is 2.63. The van der Waals surface area contributed by atoms with Crippen molar-refractivity contribution in [2.45, 2.75) is 51.5 Å². The third-order valence-corrected chi connectivity index (χ3v) is 4.80. The standard InChI is InChI=1S/C17H19F4N7O/c1-9-10(26-29-25-9)5-27-8-22-11-12(27)23-14(15(2,3)4)24-13(11)28-6-16(18,19)17(20,21)7-28/h8H,5-7H2,1-4H3. The average molecular weight is 413 g/mol. The van der Waals surface area contributed by atoms with Crippen LogP contribution in [0.2, 0.25) is 0 Å². The Morgan fingerprint density at radius 1 is 1.07 bits per heavy atom. The summed E-state index contributed by atoms with van der Waals surface area (Å²) in [7, 11) is 0. The Hall–Kier alpha value is -2.79. The number of alkyl halides is 4. The molecule has 8 nitrogen and oxygen atoms in total. The van der Waals surface area contributed by atoms with Gasteiger partial charge in [-0.2, -0.15) is 17.6 Å². The molecular formula is C17H19F4N7O. The Morgan fingerprint density at radius 3 is 2.28 bits per heavy atom. The fourth-order valence-corrected chi connectivity index (χ4v) is 3.07. The first-order valence-electron chi connectivity index (χ1n) is 8.91. The molecule has 0 N–H and O–H groups in total. The average Bonchev–Trinajstić information content (AvgIpc) is 3.24. The smallest absolute Gasteiger partial charge is 0.329 e. The molecule has 156 valence electrons. The second kappa shape index (κ2) is 6.10. The molecule has 0 radical (unpaired) electrons. The predicted octanol–water partition coefficient (Wildman–Crippen LogP) is 2.95. The van der Waals surface area contributed by atoms with Crippen LogP contribution in [0.25, 0.3) is 11.2 Å². The van der Waals surface area contributed by atoms with Crippen molar-refractivity contribution in [2.75, 3.05) is 18.0 Å². The van der Waals surface area contributed by atoms with E-state index in [1.54, 1.807) is 11.5 Å². The van der Waals surface area contributed by atoms with Gasteiger partial charge in [0, 0.05) is 5.41 Å². The van der Waals surface area contributed by atoms with Gasteiger partial charge in [-0.3, -0.25) is 0 Å². The van der Waals surface area contributed by atoms with Crippen LogP contribution >= 0.6 is 0 Å². The summed E-state index contributed by atoms with van der Waals surface area (Å²) >= 11 is 0. The summed E-state index contributed by atoms with van der Waals surface area (Å²) in [4.78, 5) is 14.0. The van der Waals surface area contributed by atoms with Crippen LogP contribution in [-0.4, -0.2) is 54.8 Å². The summed E-state index contributed by atoms with van der Waals surface area (Å²) in [6, 6.07) is 0. The van der Waals surface area contributed by atoms with Gasteiger partial charge in [-0.15, -0.1) is 0 Å². The van der Waals surface area contributed by atoms with Crippen LogP contribution in [0.15, 0.2) is 11.0 Å². The summed E-state index contributed by atoms with van der Waals surface area (Å²) in [5.41, 5.74) is 1.08. The molecule has 0 atom stereocenters. The van der Waals surface area contributed by atoms with Crippen molar-refractivity contribution in [1.29, 1.82) is 0 Å². The van der Waals surface area contributed by atoms with Crippen LogP contribution in [0.3, 0.4) is 0 Å². The van der Waals surface area contributed by atoms with Gasteiger partial charge in [0.2, 0.25) is 0 Å². The minimum absolute atomic E-state index is 0.0366. The molecule has 4 rings (SSSR count). The highest BCUT2D eigenvalue weighted by molar-refractivity contribution is 5.84. The van der Waals surface area contributed by atoms with E-state index in [0.717, 1.165) is 4.90 Å². The molecule has 0 bridgehead atoms. The van der Waals surface area contributed by atoms with Crippen LogP contribution in [0, 0.1) is 6.92 Å². The zero-order valence-corrected chi connectivity index (χ0v) is 16.2. The van der Waals surface area contributed by atoms with E-state index in [9.17, 15) is 17.6 Å². The van der Waals surface area contributed by atoms with Crippen molar-refractivity contribution >= 4 is 17.0 Å². The van der Waals surface area contributed by atoms with Gasteiger partial charge in [-0.05, 0) is 6.92 Å².